The van der Waals surface area contributed by atoms with Gasteiger partial charge < -0.3 is 4.74 Å². The number of rotatable bonds is 2. The summed E-state index contributed by atoms with van der Waals surface area (Å²) >= 11 is 0. The van der Waals surface area contributed by atoms with Gasteiger partial charge in [-0.25, -0.2) is 5.10 Å². The van der Waals surface area contributed by atoms with Crippen molar-refractivity contribution in [3.63, 3.8) is 0 Å². The summed E-state index contributed by atoms with van der Waals surface area (Å²) in [6.45, 7) is 3.88. The zero-order valence-corrected chi connectivity index (χ0v) is 10.9. The minimum atomic E-state index is -0.399. The van der Waals surface area contributed by atoms with Crippen LogP contribution in [0, 0.1) is 25.2 Å². The molecule has 5 heteroatoms. The minimum Gasteiger partial charge on any atom is -0.496 e. The molecule has 0 spiro atoms. The average Bonchev–Trinajstić information content (AvgIpc) is 2.38. The first-order valence-electron chi connectivity index (χ1n) is 5.72. The molecule has 0 radical (unpaired) electrons. The van der Waals surface area contributed by atoms with Gasteiger partial charge >= 0.3 is 0 Å². The highest BCUT2D eigenvalue weighted by atomic mass is 16.5. The van der Waals surface area contributed by atoms with E-state index in [4.69, 9.17) is 10.00 Å². The Kier molecular flexibility index (Phi) is 3.34. The topological polar surface area (TPSA) is 78.8 Å². The molecule has 96 valence electrons. The van der Waals surface area contributed by atoms with Gasteiger partial charge in [0, 0.05) is 11.6 Å². The fourth-order valence-corrected chi connectivity index (χ4v) is 2.07. The van der Waals surface area contributed by atoms with Gasteiger partial charge in [0.15, 0.2) is 0 Å². The highest BCUT2D eigenvalue weighted by Gasteiger charge is 2.16. The number of benzene rings is 1. The van der Waals surface area contributed by atoms with Gasteiger partial charge in [-0.05, 0) is 31.0 Å². The lowest BCUT2D eigenvalue weighted by Crippen LogP contribution is -2.09. The molecule has 1 aromatic heterocycles. The maximum atomic E-state index is 11.2. The lowest BCUT2D eigenvalue weighted by Gasteiger charge is -2.12. The average molecular weight is 255 g/mol. The van der Waals surface area contributed by atoms with Gasteiger partial charge in [0.05, 0.1) is 12.7 Å². The van der Waals surface area contributed by atoms with Crippen LogP contribution in [-0.4, -0.2) is 17.3 Å². The molecule has 0 bridgehead atoms. The molecule has 0 aliphatic rings. The number of hydrogen-bond donors (Lipinski definition) is 1. The first kappa shape index (κ1) is 12.8. The highest BCUT2D eigenvalue weighted by molar-refractivity contribution is 5.75. The molecule has 0 saturated carbocycles. The van der Waals surface area contributed by atoms with Crippen molar-refractivity contribution in [1.82, 2.24) is 10.2 Å². The molecule has 0 saturated heterocycles. The molecular weight excluding hydrogens is 242 g/mol. The van der Waals surface area contributed by atoms with Gasteiger partial charge in [0.1, 0.15) is 17.5 Å². The molecule has 5 nitrogen and oxygen atoms in total. The van der Waals surface area contributed by atoms with Gasteiger partial charge in [-0.1, -0.05) is 6.07 Å². The van der Waals surface area contributed by atoms with Crippen LogP contribution in [0.4, 0.5) is 0 Å². The van der Waals surface area contributed by atoms with Gasteiger partial charge in [-0.3, -0.25) is 4.79 Å². The van der Waals surface area contributed by atoms with E-state index in [0.29, 0.717) is 11.4 Å². The Morgan fingerprint density at radius 3 is 2.68 bits per heavy atom. The number of nitriles is 1. The Morgan fingerprint density at radius 2 is 2.05 bits per heavy atom. The van der Waals surface area contributed by atoms with Crippen molar-refractivity contribution in [2.75, 3.05) is 7.11 Å². The second-order valence-electron chi connectivity index (χ2n) is 4.27. The van der Waals surface area contributed by atoms with E-state index in [0.717, 1.165) is 16.7 Å². The van der Waals surface area contributed by atoms with E-state index in [9.17, 15) is 4.79 Å². The number of ether oxygens (including phenoxy) is 1. The molecule has 1 aromatic carbocycles. The zero-order chi connectivity index (χ0) is 14.0. The summed E-state index contributed by atoms with van der Waals surface area (Å²) in [4.78, 5) is 11.2. The standard InChI is InChI=1S/C14H13N3O2/c1-8-4-9(2)13(11(5-8)19-3)14-10(7-15)6-12(18)16-17-14/h4-6H,1-3H3,(H,16,18). The van der Waals surface area contributed by atoms with E-state index >= 15 is 0 Å². The first-order valence-corrected chi connectivity index (χ1v) is 5.72. The zero-order valence-electron chi connectivity index (χ0n) is 10.9. The van der Waals surface area contributed by atoms with Crippen LogP contribution in [0.1, 0.15) is 16.7 Å². The van der Waals surface area contributed by atoms with E-state index in [1.54, 1.807) is 7.11 Å². The second kappa shape index (κ2) is 4.94. The van der Waals surface area contributed by atoms with E-state index in [1.165, 1.54) is 6.07 Å². The molecule has 0 atom stereocenters. The lowest BCUT2D eigenvalue weighted by molar-refractivity contribution is 0.415. The van der Waals surface area contributed by atoms with Crippen LogP contribution in [0.25, 0.3) is 11.3 Å². The van der Waals surface area contributed by atoms with Crippen LogP contribution in [0.3, 0.4) is 0 Å². The molecule has 19 heavy (non-hydrogen) atoms. The fraction of sp³-hybridized carbons (Fsp3) is 0.214. The van der Waals surface area contributed by atoms with Crippen LogP contribution in [0.5, 0.6) is 5.75 Å². The molecule has 0 amide bonds. The maximum absolute atomic E-state index is 11.2. The van der Waals surface area contributed by atoms with Gasteiger partial charge in [0.2, 0.25) is 0 Å². The molecule has 2 rings (SSSR count). The summed E-state index contributed by atoms with van der Waals surface area (Å²) in [6, 6.07) is 7.08. The molecular formula is C14H13N3O2. The SMILES string of the molecule is COc1cc(C)cc(C)c1-c1n[nH]c(=O)cc1C#N. The monoisotopic (exact) mass is 255 g/mol. The Labute approximate surface area is 110 Å². The third kappa shape index (κ3) is 2.33. The molecule has 0 aliphatic heterocycles. The number of aryl methyl sites for hydroxylation is 2. The summed E-state index contributed by atoms with van der Waals surface area (Å²) < 4.78 is 5.35. The first-order chi connectivity index (χ1) is 9.06. The largest absolute Gasteiger partial charge is 0.496 e. The van der Waals surface area contributed by atoms with E-state index in [2.05, 4.69) is 10.2 Å². The van der Waals surface area contributed by atoms with Crippen molar-refractivity contribution in [3.05, 3.63) is 45.2 Å². The number of aromatic nitrogens is 2. The number of methoxy groups -OCH3 is 1. The van der Waals surface area contributed by atoms with E-state index in [1.807, 2.05) is 32.0 Å². The number of nitrogens with one attached hydrogen (secondary N) is 1. The molecule has 2 aromatic rings. The normalized spacial score (nSPS) is 10.0. The van der Waals surface area contributed by atoms with Crippen molar-refractivity contribution in [3.8, 4) is 23.1 Å². The Bertz CT molecular complexity index is 726. The van der Waals surface area contributed by atoms with Crippen LogP contribution in [0.15, 0.2) is 23.0 Å². The Balaban J connectivity index is 2.79. The maximum Gasteiger partial charge on any atom is 0.265 e. The third-order valence-electron chi connectivity index (χ3n) is 2.83. The van der Waals surface area contributed by atoms with Crippen LogP contribution >= 0.6 is 0 Å². The summed E-state index contributed by atoms with van der Waals surface area (Å²) in [6.07, 6.45) is 0. The van der Waals surface area contributed by atoms with Crippen LogP contribution in [0.2, 0.25) is 0 Å². The smallest absolute Gasteiger partial charge is 0.265 e. The fourth-order valence-electron chi connectivity index (χ4n) is 2.07. The summed E-state index contributed by atoms with van der Waals surface area (Å²) in [5, 5.41) is 15.5. The molecule has 0 unspecified atom stereocenters. The quantitative estimate of drug-likeness (QED) is 0.889. The predicted molar refractivity (Wildman–Crippen MR) is 71.0 cm³/mol. The molecule has 1 N–H and O–H groups in total. The summed E-state index contributed by atoms with van der Waals surface area (Å²) in [5.74, 6) is 0.633. The predicted octanol–water partition coefficient (Wildman–Crippen LogP) is 1.93. The van der Waals surface area contributed by atoms with Crippen LogP contribution in [-0.2, 0) is 0 Å². The van der Waals surface area contributed by atoms with E-state index < -0.39 is 5.56 Å². The van der Waals surface area contributed by atoms with Crippen molar-refractivity contribution in [1.29, 1.82) is 5.26 Å². The summed E-state index contributed by atoms with van der Waals surface area (Å²) in [5.41, 5.74) is 2.98. The van der Waals surface area contributed by atoms with E-state index in [-0.39, 0.29) is 5.56 Å². The number of aromatic amines is 1. The highest BCUT2D eigenvalue weighted by Crippen LogP contribution is 2.34. The van der Waals surface area contributed by atoms with Crippen molar-refractivity contribution < 1.29 is 4.74 Å². The summed E-state index contributed by atoms with van der Waals surface area (Å²) in [7, 11) is 1.56. The molecule has 1 heterocycles. The molecule has 0 fully saturated rings. The van der Waals surface area contributed by atoms with Gasteiger partial charge in [0.25, 0.3) is 5.56 Å². The Morgan fingerprint density at radius 1 is 1.32 bits per heavy atom. The number of H-pyrrole nitrogens is 1. The van der Waals surface area contributed by atoms with Crippen molar-refractivity contribution in [2.24, 2.45) is 0 Å². The van der Waals surface area contributed by atoms with Crippen molar-refractivity contribution in [2.45, 2.75) is 13.8 Å². The Hall–Kier alpha value is -2.61. The van der Waals surface area contributed by atoms with Gasteiger partial charge in [-0.2, -0.15) is 10.4 Å². The number of hydrogen-bond acceptors (Lipinski definition) is 4. The second-order valence-corrected chi connectivity index (χ2v) is 4.27. The molecule has 0 aliphatic carbocycles. The number of nitrogens with zero attached hydrogens (tertiary/aromatic N) is 2. The lowest BCUT2D eigenvalue weighted by atomic mass is 9.99. The minimum absolute atomic E-state index is 0.231. The van der Waals surface area contributed by atoms with Gasteiger partial charge in [-0.15, -0.1) is 0 Å². The third-order valence-corrected chi connectivity index (χ3v) is 2.83. The van der Waals surface area contributed by atoms with Crippen LogP contribution < -0.4 is 10.3 Å². The van der Waals surface area contributed by atoms with Crippen molar-refractivity contribution >= 4 is 0 Å².